The molecule has 1 aliphatic carbocycles. The zero-order valence-electron chi connectivity index (χ0n) is 18.8. The number of unbranched alkanes of at least 4 members (excludes halogenated alkanes) is 1. The number of hydrogen-bond acceptors (Lipinski definition) is 1. The largest absolute Gasteiger partial charge is 0.494 e. The van der Waals surface area contributed by atoms with Gasteiger partial charge in [-0.25, -0.2) is 0 Å². The van der Waals surface area contributed by atoms with Gasteiger partial charge in [-0.3, -0.25) is 0 Å². The molecule has 1 nitrogen and oxygen atoms in total. The molecule has 1 aliphatic rings. The van der Waals surface area contributed by atoms with Crippen molar-refractivity contribution in [2.75, 3.05) is 6.61 Å². The highest BCUT2D eigenvalue weighted by Gasteiger charge is 2.24. The van der Waals surface area contributed by atoms with Gasteiger partial charge in [0.2, 0.25) is 0 Å². The summed E-state index contributed by atoms with van der Waals surface area (Å²) in [5.41, 5.74) is 4.10. The Kier molecular flexibility index (Phi) is 8.65. The van der Waals surface area contributed by atoms with Crippen molar-refractivity contribution in [3.05, 3.63) is 54.1 Å². The highest BCUT2D eigenvalue weighted by atomic mass is 16.5. The fourth-order valence-corrected chi connectivity index (χ4v) is 5.04. The summed E-state index contributed by atoms with van der Waals surface area (Å²) in [4.78, 5) is 0. The topological polar surface area (TPSA) is 9.23 Å². The third-order valence-corrected chi connectivity index (χ3v) is 6.94. The van der Waals surface area contributed by atoms with E-state index in [1.807, 2.05) is 6.92 Å². The summed E-state index contributed by atoms with van der Waals surface area (Å²) < 4.78 is 5.55. The normalized spacial score (nSPS) is 20.4. The number of hydrogen-bond donors (Lipinski definition) is 0. The van der Waals surface area contributed by atoms with Crippen LogP contribution in [0, 0.1) is 11.8 Å². The second-order valence-electron chi connectivity index (χ2n) is 8.95. The molecule has 0 spiro atoms. The van der Waals surface area contributed by atoms with Gasteiger partial charge in [0.15, 0.2) is 0 Å². The van der Waals surface area contributed by atoms with Crippen LogP contribution in [0.3, 0.4) is 0 Å². The van der Waals surface area contributed by atoms with Crippen LogP contribution in [0.1, 0.15) is 90.0 Å². The summed E-state index contributed by atoms with van der Waals surface area (Å²) >= 11 is 0. The molecule has 1 saturated carbocycles. The minimum absolute atomic E-state index is 0.716. The molecule has 29 heavy (non-hydrogen) atoms. The van der Waals surface area contributed by atoms with Gasteiger partial charge < -0.3 is 4.74 Å². The summed E-state index contributed by atoms with van der Waals surface area (Å²) in [5.74, 6) is 3.64. The zero-order chi connectivity index (χ0) is 20.5. The van der Waals surface area contributed by atoms with E-state index >= 15 is 0 Å². The standard InChI is InChI=1S/C28H40O/c1-4-7-8-22(5-2)21-23-9-11-24(12-10-23)25-13-15-26(16-14-25)27-17-19-28(20-18-27)29-6-3/h13-20,22-24H,4-12,21H2,1-3H3. The molecular weight excluding hydrogens is 352 g/mol. The first-order valence-corrected chi connectivity index (χ1v) is 12.1. The van der Waals surface area contributed by atoms with Gasteiger partial charge in [-0.1, -0.05) is 75.9 Å². The lowest BCUT2D eigenvalue weighted by Gasteiger charge is -2.31. The molecule has 2 aromatic carbocycles. The molecule has 0 aromatic heterocycles. The maximum atomic E-state index is 5.55. The molecule has 0 saturated heterocycles. The Morgan fingerprint density at radius 3 is 2.00 bits per heavy atom. The van der Waals surface area contributed by atoms with E-state index < -0.39 is 0 Å². The molecule has 158 valence electrons. The van der Waals surface area contributed by atoms with Crippen molar-refractivity contribution in [1.29, 1.82) is 0 Å². The minimum Gasteiger partial charge on any atom is -0.494 e. The maximum absolute atomic E-state index is 5.55. The second-order valence-corrected chi connectivity index (χ2v) is 8.95. The summed E-state index contributed by atoms with van der Waals surface area (Å²) in [6.07, 6.45) is 12.6. The van der Waals surface area contributed by atoms with E-state index in [9.17, 15) is 0 Å². The van der Waals surface area contributed by atoms with E-state index in [-0.39, 0.29) is 0 Å². The van der Waals surface area contributed by atoms with Crippen molar-refractivity contribution in [1.82, 2.24) is 0 Å². The number of benzene rings is 2. The average Bonchev–Trinajstić information content (AvgIpc) is 2.78. The quantitative estimate of drug-likeness (QED) is 0.393. The molecule has 0 aliphatic heterocycles. The van der Waals surface area contributed by atoms with Gasteiger partial charge in [-0.2, -0.15) is 0 Å². The smallest absolute Gasteiger partial charge is 0.119 e. The van der Waals surface area contributed by atoms with E-state index in [4.69, 9.17) is 4.74 Å². The Morgan fingerprint density at radius 1 is 0.828 bits per heavy atom. The molecule has 0 amide bonds. The highest BCUT2D eigenvalue weighted by Crippen LogP contribution is 2.39. The predicted molar refractivity (Wildman–Crippen MR) is 126 cm³/mol. The van der Waals surface area contributed by atoms with Crippen molar-refractivity contribution < 1.29 is 4.74 Å². The Balaban J connectivity index is 1.52. The predicted octanol–water partition coefficient (Wildman–Crippen LogP) is 8.63. The summed E-state index contributed by atoms with van der Waals surface area (Å²) in [5, 5.41) is 0. The monoisotopic (exact) mass is 392 g/mol. The third kappa shape index (κ3) is 6.36. The van der Waals surface area contributed by atoms with Crippen LogP contribution < -0.4 is 4.74 Å². The lowest BCUT2D eigenvalue weighted by Crippen LogP contribution is -2.16. The first-order valence-electron chi connectivity index (χ1n) is 12.1. The van der Waals surface area contributed by atoms with Gasteiger partial charge >= 0.3 is 0 Å². The fourth-order valence-electron chi connectivity index (χ4n) is 5.04. The number of rotatable bonds is 10. The lowest BCUT2D eigenvalue weighted by atomic mass is 9.74. The van der Waals surface area contributed by atoms with Gasteiger partial charge in [-0.05, 0) is 85.6 Å². The molecule has 1 unspecified atom stereocenters. The van der Waals surface area contributed by atoms with Crippen LogP contribution in [0.5, 0.6) is 5.75 Å². The first-order chi connectivity index (χ1) is 14.2. The summed E-state index contributed by atoms with van der Waals surface area (Å²) in [6.45, 7) is 7.44. The van der Waals surface area contributed by atoms with E-state index in [0.29, 0.717) is 6.61 Å². The Labute approximate surface area is 178 Å². The van der Waals surface area contributed by atoms with Gasteiger partial charge in [-0.15, -0.1) is 0 Å². The summed E-state index contributed by atoms with van der Waals surface area (Å²) in [6, 6.07) is 17.8. The molecule has 0 N–H and O–H groups in total. The second kappa shape index (κ2) is 11.4. The molecule has 1 fully saturated rings. The zero-order valence-corrected chi connectivity index (χ0v) is 18.8. The number of ether oxygens (including phenoxy) is 1. The SMILES string of the molecule is CCCCC(CC)CC1CCC(c2ccc(-c3ccc(OCC)cc3)cc2)CC1. The van der Waals surface area contributed by atoms with Crippen LogP contribution in [0.25, 0.3) is 11.1 Å². The Morgan fingerprint density at radius 2 is 1.45 bits per heavy atom. The van der Waals surface area contributed by atoms with Gasteiger partial charge in [0.05, 0.1) is 6.61 Å². The van der Waals surface area contributed by atoms with E-state index in [2.05, 4.69) is 62.4 Å². The van der Waals surface area contributed by atoms with Crippen molar-refractivity contribution in [3.8, 4) is 16.9 Å². The van der Waals surface area contributed by atoms with E-state index in [0.717, 1.165) is 23.5 Å². The Bertz CT molecular complexity index is 692. The molecule has 1 heteroatoms. The molecule has 1 atom stereocenters. The Hall–Kier alpha value is -1.76. The van der Waals surface area contributed by atoms with Gasteiger partial charge in [0, 0.05) is 0 Å². The van der Waals surface area contributed by atoms with Crippen molar-refractivity contribution in [2.45, 2.75) is 84.5 Å². The fraction of sp³-hybridized carbons (Fsp3) is 0.571. The summed E-state index contributed by atoms with van der Waals surface area (Å²) in [7, 11) is 0. The van der Waals surface area contributed by atoms with Crippen LogP contribution in [-0.2, 0) is 0 Å². The minimum atomic E-state index is 0.716. The van der Waals surface area contributed by atoms with E-state index in [1.54, 1.807) is 0 Å². The molecule has 2 aromatic rings. The van der Waals surface area contributed by atoms with Gasteiger partial charge in [0.25, 0.3) is 0 Å². The molecule has 3 rings (SSSR count). The molecule has 0 heterocycles. The maximum Gasteiger partial charge on any atom is 0.119 e. The average molecular weight is 393 g/mol. The van der Waals surface area contributed by atoms with Crippen molar-refractivity contribution in [2.24, 2.45) is 11.8 Å². The third-order valence-electron chi connectivity index (χ3n) is 6.94. The van der Waals surface area contributed by atoms with Crippen LogP contribution in [0.4, 0.5) is 0 Å². The van der Waals surface area contributed by atoms with Crippen molar-refractivity contribution in [3.63, 3.8) is 0 Å². The van der Waals surface area contributed by atoms with Crippen molar-refractivity contribution >= 4 is 0 Å². The first kappa shape index (κ1) is 21.9. The molecule has 0 bridgehead atoms. The van der Waals surface area contributed by atoms with Crippen LogP contribution in [-0.4, -0.2) is 6.61 Å². The highest BCUT2D eigenvalue weighted by molar-refractivity contribution is 5.64. The van der Waals surface area contributed by atoms with E-state index in [1.165, 1.54) is 74.5 Å². The van der Waals surface area contributed by atoms with Crippen LogP contribution in [0.2, 0.25) is 0 Å². The molecular formula is C28H40O. The van der Waals surface area contributed by atoms with Gasteiger partial charge in [0.1, 0.15) is 5.75 Å². The lowest BCUT2D eigenvalue weighted by molar-refractivity contribution is 0.256. The van der Waals surface area contributed by atoms with Crippen LogP contribution >= 0.6 is 0 Å². The van der Waals surface area contributed by atoms with Crippen LogP contribution in [0.15, 0.2) is 48.5 Å². The molecule has 0 radical (unpaired) electrons.